The Morgan fingerprint density at radius 2 is 0.778 bits per heavy atom. The smallest absolute Gasteiger partial charge is 0.652 e. The Kier molecular flexibility index (Phi) is 17.7. The Hall–Kier alpha value is -0.941. The van der Waals surface area contributed by atoms with Gasteiger partial charge in [-0.25, -0.2) is 0 Å². The molecule has 0 aliphatic carbocycles. The summed E-state index contributed by atoms with van der Waals surface area (Å²) in [5.41, 5.74) is 0. The fraction of sp³-hybridized carbons (Fsp3) is 0. The molecule has 0 amide bonds. The van der Waals surface area contributed by atoms with E-state index in [0.717, 1.165) is 0 Å². The van der Waals surface area contributed by atoms with Crippen molar-refractivity contribution in [1.82, 2.24) is 0 Å². The summed E-state index contributed by atoms with van der Waals surface area (Å²) in [6.07, 6.45) is -4.67. The van der Waals surface area contributed by atoms with Crippen LogP contribution in [0.25, 0.3) is 0 Å². The molecule has 0 rings (SSSR count). The summed E-state index contributed by atoms with van der Waals surface area (Å²) in [6.45, 7) is 0. The molecular formula is C2CuO6-3. The summed E-state index contributed by atoms with van der Waals surface area (Å²) in [5.74, 6) is 0. The first-order chi connectivity index (χ1) is 3.46. The van der Waals surface area contributed by atoms with Crippen LogP contribution in [0.1, 0.15) is 0 Å². The average molecular weight is 184 g/mol. The van der Waals surface area contributed by atoms with E-state index in [-0.39, 0.29) is 17.1 Å². The van der Waals surface area contributed by atoms with Crippen molar-refractivity contribution in [2.45, 2.75) is 0 Å². The van der Waals surface area contributed by atoms with Crippen LogP contribution in [0, 0.1) is 0 Å². The first kappa shape index (κ1) is 15.7. The van der Waals surface area contributed by atoms with Crippen molar-refractivity contribution in [1.29, 1.82) is 0 Å². The summed E-state index contributed by atoms with van der Waals surface area (Å²) in [4.78, 5) is 16.7. The van der Waals surface area contributed by atoms with Crippen LogP contribution in [0.15, 0.2) is 0 Å². The molecule has 0 fully saturated rings. The molecule has 0 aromatic heterocycles. The van der Waals surface area contributed by atoms with E-state index >= 15 is 0 Å². The topological polar surface area (TPSA) is 126 Å². The molecule has 0 aromatic rings. The van der Waals surface area contributed by atoms with Crippen LogP contribution in [0.3, 0.4) is 0 Å². The number of hydrogen-bond acceptors (Lipinski definition) is 6. The fourth-order valence-electron chi connectivity index (χ4n) is 0. The van der Waals surface area contributed by atoms with Crippen LogP contribution in [0.2, 0.25) is 0 Å². The molecule has 7 heteroatoms. The number of carbonyl (C=O) groups is 2. The number of hydrogen-bond donors (Lipinski definition) is 0. The van der Waals surface area contributed by atoms with Crippen molar-refractivity contribution in [2.24, 2.45) is 0 Å². The molecular weight excluding hydrogens is 184 g/mol. The fourth-order valence-corrected chi connectivity index (χ4v) is 0. The average Bonchev–Trinajstić information content (AvgIpc) is 1.25. The minimum absolute atomic E-state index is 0. The molecule has 0 bridgehead atoms. The molecule has 0 aromatic carbocycles. The summed E-state index contributed by atoms with van der Waals surface area (Å²) in [7, 11) is 0. The number of carboxylic acid groups (broad SMARTS) is 4. The third-order valence-corrected chi connectivity index (χ3v) is 0. The molecule has 0 atom stereocenters. The molecule has 58 valence electrons. The second-order valence-electron chi connectivity index (χ2n) is 0.500. The maximum Gasteiger partial charge on any atom is 1.00 e. The van der Waals surface area contributed by atoms with Crippen molar-refractivity contribution < 1.29 is 47.1 Å². The molecule has 0 saturated carbocycles. The normalized spacial score (nSPS) is 5.33. The van der Waals surface area contributed by atoms with Gasteiger partial charge in [-0.05, 0) is 12.3 Å². The molecule has 0 aliphatic rings. The Labute approximate surface area is 60.2 Å². The zero-order chi connectivity index (χ0) is 7.15. The minimum Gasteiger partial charge on any atom is -0.652 e. The van der Waals surface area contributed by atoms with Gasteiger partial charge < -0.3 is 30.0 Å². The van der Waals surface area contributed by atoms with Crippen molar-refractivity contribution in [3.8, 4) is 0 Å². The summed E-state index contributed by atoms with van der Waals surface area (Å²) >= 11 is 0. The molecule has 0 saturated heterocycles. The molecule has 9 heavy (non-hydrogen) atoms. The number of carbonyl (C=O) groups excluding carboxylic acids is 2. The van der Waals surface area contributed by atoms with E-state index in [9.17, 15) is 0 Å². The van der Waals surface area contributed by atoms with Crippen LogP contribution in [0.5, 0.6) is 0 Å². The molecule has 0 heterocycles. The van der Waals surface area contributed by atoms with Gasteiger partial charge in [-0.3, -0.25) is 0 Å². The predicted octanol–water partition coefficient (Wildman–Crippen LogP) is -4.90. The van der Waals surface area contributed by atoms with Gasteiger partial charge in [0, 0.05) is 0 Å². The van der Waals surface area contributed by atoms with E-state index in [2.05, 4.69) is 0 Å². The number of rotatable bonds is 0. The van der Waals surface area contributed by atoms with Crippen molar-refractivity contribution in [3.05, 3.63) is 0 Å². The van der Waals surface area contributed by atoms with Gasteiger partial charge in [0.2, 0.25) is 0 Å². The molecule has 0 N–H and O–H groups in total. The van der Waals surface area contributed by atoms with Gasteiger partial charge in [-0.15, -0.1) is 0 Å². The first-order valence-electron chi connectivity index (χ1n) is 1.22. The summed E-state index contributed by atoms with van der Waals surface area (Å²) in [5, 5.41) is 33.3. The van der Waals surface area contributed by atoms with Gasteiger partial charge in [-0.2, -0.15) is 0 Å². The molecule has 0 spiro atoms. The zero-order valence-electron chi connectivity index (χ0n) is 3.75. The van der Waals surface area contributed by atoms with Crippen molar-refractivity contribution in [3.63, 3.8) is 0 Å². The third kappa shape index (κ3) is 204. The van der Waals surface area contributed by atoms with Gasteiger partial charge >= 0.3 is 17.1 Å². The van der Waals surface area contributed by atoms with Crippen LogP contribution in [-0.2, 0) is 17.1 Å². The van der Waals surface area contributed by atoms with E-state index in [4.69, 9.17) is 30.0 Å². The quantitative estimate of drug-likeness (QED) is 0.347. The van der Waals surface area contributed by atoms with E-state index in [1.165, 1.54) is 0 Å². The standard InChI is InChI=1S/2CH2O3.Cu/c2*2-1(3)4;/h2*(H2,2,3,4);/q;;+1/p-4. The van der Waals surface area contributed by atoms with Crippen LogP contribution in [-0.4, -0.2) is 12.3 Å². The largest absolute Gasteiger partial charge is 1.00 e. The Morgan fingerprint density at radius 1 is 0.778 bits per heavy atom. The van der Waals surface area contributed by atoms with E-state index < -0.39 is 12.3 Å². The second-order valence-corrected chi connectivity index (χ2v) is 0.500. The summed E-state index contributed by atoms with van der Waals surface area (Å²) in [6, 6.07) is 0. The Balaban J connectivity index is -0.0000000720. The molecule has 0 radical (unpaired) electrons. The molecule has 6 nitrogen and oxygen atoms in total. The van der Waals surface area contributed by atoms with Crippen LogP contribution >= 0.6 is 0 Å². The molecule has 0 unspecified atom stereocenters. The van der Waals surface area contributed by atoms with E-state index in [1.54, 1.807) is 0 Å². The third-order valence-electron chi connectivity index (χ3n) is 0. The Morgan fingerprint density at radius 3 is 0.778 bits per heavy atom. The van der Waals surface area contributed by atoms with Gasteiger partial charge in [-0.1, -0.05) is 0 Å². The van der Waals surface area contributed by atoms with Gasteiger partial charge in [0.15, 0.2) is 0 Å². The van der Waals surface area contributed by atoms with Gasteiger partial charge in [0.1, 0.15) is 0 Å². The van der Waals surface area contributed by atoms with Gasteiger partial charge in [0.05, 0.1) is 0 Å². The van der Waals surface area contributed by atoms with Crippen molar-refractivity contribution in [2.75, 3.05) is 0 Å². The van der Waals surface area contributed by atoms with Crippen LogP contribution < -0.4 is 20.4 Å². The van der Waals surface area contributed by atoms with Gasteiger partial charge in [0.25, 0.3) is 0 Å². The first-order valence-corrected chi connectivity index (χ1v) is 1.22. The zero-order valence-corrected chi connectivity index (χ0v) is 4.69. The van der Waals surface area contributed by atoms with E-state index in [1.807, 2.05) is 0 Å². The summed E-state index contributed by atoms with van der Waals surface area (Å²) < 4.78 is 0. The predicted molar refractivity (Wildman–Crippen MR) is 10.8 cm³/mol. The van der Waals surface area contributed by atoms with Crippen molar-refractivity contribution >= 4 is 12.3 Å². The maximum absolute atomic E-state index is 8.33. The monoisotopic (exact) mass is 183 g/mol. The Bertz CT molecular complexity index is 69.1. The maximum atomic E-state index is 8.33. The second kappa shape index (κ2) is 10.1. The van der Waals surface area contributed by atoms with Crippen LogP contribution in [0.4, 0.5) is 9.59 Å². The van der Waals surface area contributed by atoms with E-state index in [0.29, 0.717) is 0 Å². The molecule has 0 aliphatic heterocycles. The SMILES string of the molecule is O=C([O-])[O-].O=C([O-])[O-].[Cu+]. The minimum atomic E-state index is -2.33.